The summed E-state index contributed by atoms with van der Waals surface area (Å²) >= 11 is 0. The van der Waals surface area contributed by atoms with Crippen molar-refractivity contribution in [2.45, 2.75) is 25.4 Å². The lowest BCUT2D eigenvalue weighted by molar-refractivity contribution is -0.122. The molecule has 5 heteroatoms. The molecule has 1 saturated heterocycles. The van der Waals surface area contributed by atoms with Gasteiger partial charge in [0.1, 0.15) is 12.7 Å². The third-order valence-electron chi connectivity index (χ3n) is 3.13. The Morgan fingerprint density at radius 2 is 2.30 bits per heavy atom. The van der Waals surface area contributed by atoms with E-state index in [1.807, 2.05) is 6.07 Å². The molecule has 2 rings (SSSR count). The van der Waals surface area contributed by atoms with E-state index in [0.717, 1.165) is 25.9 Å². The number of ether oxygens (including phenoxy) is 2. The molecular weight excluding hydrogens is 256 g/mol. The molecule has 1 fully saturated rings. The van der Waals surface area contributed by atoms with Crippen LogP contribution in [-0.2, 0) is 14.3 Å². The molecule has 1 unspecified atom stereocenters. The maximum atomic E-state index is 11.7. The van der Waals surface area contributed by atoms with Crippen molar-refractivity contribution in [1.82, 2.24) is 0 Å². The monoisotopic (exact) mass is 274 g/mol. The smallest absolute Gasteiger partial charge is 0.250 e. The molecule has 0 bridgehead atoms. The largest absolute Gasteiger partial charge is 0.376 e. The predicted octanol–water partition coefficient (Wildman–Crippen LogP) is 2.08. The molecule has 0 spiro atoms. The summed E-state index contributed by atoms with van der Waals surface area (Å²) < 4.78 is 10.9. The molecule has 1 amide bonds. The fraction of sp³-hybridized carbons (Fsp3) is 0.467. The van der Waals surface area contributed by atoms with Gasteiger partial charge in [-0.05, 0) is 31.4 Å². The number of anilines is 1. The molecule has 1 atom stereocenters. The standard InChI is InChI=1S/C15H18N2O3/c16-9-12-5-1-2-7-14(12)17-15(18)11-19-10-13-6-3-4-8-20-13/h1-2,5,7,13H,3-4,6,8,10-11H2,(H,17,18). The Hall–Kier alpha value is -1.90. The van der Waals surface area contributed by atoms with E-state index in [0.29, 0.717) is 17.9 Å². The summed E-state index contributed by atoms with van der Waals surface area (Å²) in [5.41, 5.74) is 0.953. The molecule has 1 heterocycles. The van der Waals surface area contributed by atoms with E-state index in [-0.39, 0.29) is 18.6 Å². The average Bonchev–Trinajstić information content (AvgIpc) is 2.49. The van der Waals surface area contributed by atoms with E-state index < -0.39 is 0 Å². The van der Waals surface area contributed by atoms with Crippen molar-refractivity contribution in [3.63, 3.8) is 0 Å². The van der Waals surface area contributed by atoms with Crippen LogP contribution in [0.15, 0.2) is 24.3 Å². The van der Waals surface area contributed by atoms with Crippen LogP contribution in [0.3, 0.4) is 0 Å². The molecule has 5 nitrogen and oxygen atoms in total. The fourth-order valence-corrected chi connectivity index (χ4v) is 2.10. The first kappa shape index (κ1) is 14.5. The molecule has 106 valence electrons. The Kier molecular flexibility index (Phi) is 5.54. The molecule has 0 aliphatic carbocycles. The first-order valence-corrected chi connectivity index (χ1v) is 6.78. The minimum atomic E-state index is -0.261. The number of carbonyl (C=O) groups is 1. The predicted molar refractivity (Wildman–Crippen MR) is 74.2 cm³/mol. The van der Waals surface area contributed by atoms with Gasteiger partial charge in [0.25, 0.3) is 0 Å². The number of nitrogens with zero attached hydrogens (tertiary/aromatic N) is 1. The van der Waals surface area contributed by atoms with Gasteiger partial charge in [0.05, 0.1) is 24.0 Å². The van der Waals surface area contributed by atoms with Crippen molar-refractivity contribution in [3.8, 4) is 6.07 Å². The molecule has 0 radical (unpaired) electrons. The van der Waals surface area contributed by atoms with Gasteiger partial charge in [-0.2, -0.15) is 5.26 Å². The van der Waals surface area contributed by atoms with Crippen LogP contribution in [0.1, 0.15) is 24.8 Å². The van der Waals surface area contributed by atoms with Crippen LogP contribution in [0.4, 0.5) is 5.69 Å². The van der Waals surface area contributed by atoms with Gasteiger partial charge in [-0.3, -0.25) is 4.79 Å². The highest BCUT2D eigenvalue weighted by molar-refractivity contribution is 5.92. The zero-order chi connectivity index (χ0) is 14.2. The van der Waals surface area contributed by atoms with Gasteiger partial charge in [0.2, 0.25) is 5.91 Å². The summed E-state index contributed by atoms with van der Waals surface area (Å²) in [6.45, 7) is 1.18. The van der Waals surface area contributed by atoms with Crippen molar-refractivity contribution < 1.29 is 14.3 Å². The van der Waals surface area contributed by atoms with Gasteiger partial charge >= 0.3 is 0 Å². The number of carbonyl (C=O) groups excluding carboxylic acids is 1. The maximum Gasteiger partial charge on any atom is 0.250 e. The minimum absolute atomic E-state index is 0.0282. The Balaban J connectivity index is 1.73. The van der Waals surface area contributed by atoms with E-state index in [1.165, 1.54) is 0 Å². The summed E-state index contributed by atoms with van der Waals surface area (Å²) in [4.78, 5) is 11.7. The van der Waals surface area contributed by atoms with Crippen LogP contribution in [0, 0.1) is 11.3 Å². The molecule has 20 heavy (non-hydrogen) atoms. The third-order valence-corrected chi connectivity index (χ3v) is 3.13. The second kappa shape index (κ2) is 7.63. The van der Waals surface area contributed by atoms with Crippen molar-refractivity contribution in [3.05, 3.63) is 29.8 Å². The lowest BCUT2D eigenvalue weighted by Crippen LogP contribution is -2.27. The number of benzene rings is 1. The summed E-state index contributed by atoms with van der Waals surface area (Å²) in [5, 5.41) is 11.6. The summed E-state index contributed by atoms with van der Waals surface area (Å²) in [7, 11) is 0. The van der Waals surface area contributed by atoms with E-state index in [2.05, 4.69) is 5.32 Å². The minimum Gasteiger partial charge on any atom is -0.376 e. The first-order valence-electron chi connectivity index (χ1n) is 6.78. The molecule has 1 aromatic rings. The first-order chi connectivity index (χ1) is 9.79. The second-order valence-corrected chi connectivity index (χ2v) is 4.71. The summed E-state index contributed by atoms with van der Waals surface area (Å²) in [6.07, 6.45) is 3.33. The fourth-order valence-electron chi connectivity index (χ4n) is 2.10. The van der Waals surface area contributed by atoms with E-state index >= 15 is 0 Å². The molecule has 1 aliphatic heterocycles. The molecule has 1 N–H and O–H groups in total. The zero-order valence-corrected chi connectivity index (χ0v) is 11.3. The third kappa shape index (κ3) is 4.34. The van der Waals surface area contributed by atoms with Gasteiger partial charge in [-0.15, -0.1) is 0 Å². The Bertz CT molecular complexity index is 490. The average molecular weight is 274 g/mol. The maximum absolute atomic E-state index is 11.7. The number of nitriles is 1. The number of hydrogen-bond donors (Lipinski definition) is 1. The van der Waals surface area contributed by atoms with Crippen molar-refractivity contribution in [1.29, 1.82) is 5.26 Å². The highest BCUT2D eigenvalue weighted by Crippen LogP contribution is 2.14. The lowest BCUT2D eigenvalue weighted by Gasteiger charge is -2.22. The van der Waals surface area contributed by atoms with Crippen LogP contribution >= 0.6 is 0 Å². The van der Waals surface area contributed by atoms with E-state index in [1.54, 1.807) is 24.3 Å². The number of para-hydroxylation sites is 1. The highest BCUT2D eigenvalue weighted by Gasteiger charge is 2.14. The second-order valence-electron chi connectivity index (χ2n) is 4.71. The number of amides is 1. The van der Waals surface area contributed by atoms with Crippen LogP contribution < -0.4 is 5.32 Å². The number of nitrogens with one attached hydrogen (secondary N) is 1. The van der Waals surface area contributed by atoms with Gasteiger partial charge < -0.3 is 14.8 Å². The highest BCUT2D eigenvalue weighted by atomic mass is 16.5. The topological polar surface area (TPSA) is 71.4 Å². The van der Waals surface area contributed by atoms with E-state index in [4.69, 9.17) is 14.7 Å². The lowest BCUT2D eigenvalue weighted by atomic mass is 10.1. The number of rotatable bonds is 5. The zero-order valence-electron chi connectivity index (χ0n) is 11.3. The molecule has 0 saturated carbocycles. The van der Waals surface area contributed by atoms with E-state index in [9.17, 15) is 4.79 Å². The van der Waals surface area contributed by atoms with Crippen LogP contribution in [0.2, 0.25) is 0 Å². The van der Waals surface area contributed by atoms with Crippen LogP contribution in [-0.4, -0.2) is 31.8 Å². The van der Waals surface area contributed by atoms with Crippen molar-refractivity contribution in [2.75, 3.05) is 25.1 Å². The summed E-state index contributed by atoms with van der Waals surface area (Å²) in [6, 6.07) is 8.91. The molecule has 1 aromatic carbocycles. The van der Waals surface area contributed by atoms with Gasteiger partial charge in [0, 0.05) is 6.61 Å². The quantitative estimate of drug-likeness (QED) is 0.892. The SMILES string of the molecule is N#Cc1ccccc1NC(=O)COCC1CCCCO1. The molecule has 1 aliphatic rings. The van der Waals surface area contributed by atoms with Crippen molar-refractivity contribution in [2.24, 2.45) is 0 Å². The Morgan fingerprint density at radius 1 is 1.45 bits per heavy atom. The Labute approximate surface area is 118 Å². The summed E-state index contributed by atoms with van der Waals surface area (Å²) in [5.74, 6) is -0.261. The van der Waals surface area contributed by atoms with Crippen LogP contribution in [0.25, 0.3) is 0 Å². The molecular formula is C15H18N2O3. The normalized spacial score (nSPS) is 18.2. The van der Waals surface area contributed by atoms with Gasteiger partial charge in [-0.25, -0.2) is 0 Å². The van der Waals surface area contributed by atoms with Gasteiger partial charge in [0.15, 0.2) is 0 Å². The van der Waals surface area contributed by atoms with Crippen LogP contribution in [0.5, 0.6) is 0 Å². The molecule has 0 aromatic heterocycles. The number of hydrogen-bond acceptors (Lipinski definition) is 4. The van der Waals surface area contributed by atoms with Crippen molar-refractivity contribution >= 4 is 11.6 Å². The Morgan fingerprint density at radius 3 is 3.05 bits per heavy atom. The van der Waals surface area contributed by atoms with Gasteiger partial charge in [-0.1, -0.05) is 12.1 Å².